The fourth-order valence-corrected chi connectivity index (χ4v) is 3.61. The number of benzene rings is 3. The average molecular weight is 433 g/mol. The van der Waals surface area contributed by atoms with Gasteiger partial charge in [-0.3, -0.25) is 4.79 Å². The minimum absolute atomic E-state index is 0.165. The third kappa shape index (κ3) is 4.65. The first-order valence-corrected chi connectivity index (χ1v) is 10.4. The fourth-order valence-electron chi connectivity index (χ4n) is 3.61. The minimum Gasteiger partial charge on any atom is -0.488 e. The Bertz CT molecular complexity index is 1250. The predicted octanol–water partition coefficient (Wildman–Crippen LogP) is 5.38. The van der Waals surface area contributed by atoms with Gasteiger partial charge in [-0.15, -0.1) is 0 Å². The van der Waals surface area contributed by atoms with Crippen LogP contribution < -0.4 is 10.5 Å². The fraction of sp³-hybridized carbons (Fsp3) is 0.192. The van der Waals surface area contributed by atoms with Gasteiger partial charge in [-0.1, -0.05) is 30.3 Å². The Morgan fingerprint density at radius 1 is 1.06 bits per heavy atom. The van der Waals surface area contributed by atoms with E-state index in [1.54, 1.807) is 25.3 Å². The molecule has 0 saturated heterocycles. The number of furan rings is 1. The first-order chi connectivity index (χ1) is 15.6. The molecule has 0 spiro atoms. The van der Waals surface area contributed by atoms with Crippen molar-refractivity contribution < 1.29 is 23.1 Å². The van der Waals surface area contributed by atoms with Crippen LogP contribution in [0.5, 0.6) is 5.75 Å². The van der Waals surface area contributed by atoms with E-state index in [0.717, 1.165) is 33.2 Å². The largest absolute Gasteiger partial charge is 0.488 e. The number of rotatable bonds is 8. The molecule has 0 fully saturated rings. The maximum absolute atomic E-state index is 14.4. The normalized spacial score (nSPS) is 11.0. The summed E-state index contributed by atoms with van der Waals surface area (Å²) in [6.07, 6.45) is 1.44. The van der Waals surface area contributed by atoms with Crippen molar-refractivity contribution in [3.63, 3.8) is 0 Å². The van der Waals surface area contributed by atoms with E-state index < -0.39 is 11.8 Å². The molecule has 0 unspecified atom stereocenters. The van der Waals surface area contributed by atoms with E-state index in [1.165, 1.54) is 6.07 Å². The van der Waals surface area contributed by atoms with Crippen LogP contribution >= 0.6 is 0 Å². The van der Waals surface area contributed by atoms with Crippen LogP contribution in [0, 0.1) is 5.82 Å². The second-order valence-corrected chi connectivity index (χ2v) is 7.36. The minimum atomic E-state index is -0.505. The summed E-state index contributed by atoms with van der Waals surface area (Å²) in [6, 6.07) is 18.5. The second kappa shape index (κ2) is 9.66. The molecule has 3 aromatic carbocycles. The van der Waals surface area contributed by atoms with Gasteiger partial charge in [0.05, 0.1) is 19.3 Å². The van der Waals surface area contributed by atoms with Crippen molar-refractivity contribution in [2.45, 2.75) is 26.5 Å². The number of fused-ring (bicyclic) bond motifs is 1. The molecule has 4 aromatic rings. The van der Waals surface area contributed by atoms with Crippen LogP contribution in [-0.2, 0) is 29.1 Å². The maximum Gasteiger partial charge on any atom is 0.310 e. The number of ether oxygens (including phenoxy) is 2. The van der Waals surface area contributed by atoms with Crippen molar-refractivity contribution in [2.75, 3.05) is 6.61 Å². The summed E-state index contributed by atoms with van der Waals surface area (Å²) in [4.78, 5) is 11.9. The van der Waals surface area contributed by atoms with Gasteiger partial charge in [-0.25, -0.2) is 4.39 Å². The third-order valence-corrected chi connectivity index (χ3v) is 5.24. The molecular formula is C26H24FNO4. The van der Waals surface area contributed by atoms with Crippen molar-refractivity contribution in [3.05, 3.63) is 89.4 Å². The maximum atomic E-state index is 14.4. The summed E-state index contributed by atoms with van der Waals surface area (Å²) in [5.74, 6) is -0.700. The lowest BCUT2D eigenvalue weighted by molar-refractivity contribution is -0.142. The highest BCUT2D eigenvalue weighted by atomic mass is 19.1. The molecule has 0 atom stereocenters. The molecular weight excluding hydrogens is 409 g/mol. The summed E-state index contributed by atoms with van der Waals surface area (Å²) in [6.45, 7) is 2.59. The van der Waals surface area contributed by atoms with E-state index in [-0.39, 0.29) is 25.2 Å². The van der Waals surface area contributed by atoms with E-state index in [2.05, 4.69) is 6.07 Å². The van der Waals surface area contributed by atoms with Crippen molar-refractivity contribution in [1.29, 1.82) is 0 Å². The Balaban J connectivity index is 1.59. The van der Waals surface area contributed by atoms with E-state index in [0.29, 0.717) is 12.3 Å². The molecule has 0 aliphatic rings. The van der Waals surface area contributed by atoms with Crippen LogP contribution in [-0.4, -0.2) is 12.6 Å². The highest BCUT2D eigenvalue weighted by Crippen LogP contribution is 2.30. The molecule has 32 heavy (non-hydrogen) atoms. The van der Waals surface area contributed by atoms with Crippen LogP contribution in [0.3, 0.4) is 0 Å². The SMILES string of the molecule is CCOC(=O)Cc1c(F)cccc1OCc1coc2ccc(-c3cccc(CN)c3)cc12. The zero-order valence-electron chi connectivity index (χ0n) is 17.8. The lowest BCUT2D eigenvalue weighted by atomic mass is 10.0. The van der Waals surface area contributed by atoms with E-state index in [4.69, 9.17) is 19.6 Å². The van der Waals surface area contributed by atoms with Crippen molar-refractivity contribution >= 4 is 16.9 Å². The molecule has 0 radical (unpaired) electrons. The van der Waals surface area contributed by atoms with Gasteiger partial charge in [0.1, 0.15) is 23.8 Å². The molecule has 0 aliphatic heterocycles. The van der Waals surface area contributed by atoms with Crippen LogP contribution in [0.4, 0.5) is 4.39 Å². The zero-order chi connectivity index (χ0) is 22.5. The van der Waals surface area contributed by atoms with Gasteiger partial charge in [0, 0.05) is 23.1 Å². The number of carbonyl (C=O) groups is 1. The predicted molar refractivity (Wildman–Crippen MR) is 121 cm³/mol. The van der Waals surface area contributed by atoms with Gasteiger partial charge in [-0.2, -0.15) is 0 Å². The number of esters is 1. The van der Waals surface area contributed by atoms with Gasteiger partial charge >= 0.3 is 5.97 Å². The summed E-state index contributed by atoms with van der Waals surface area (Å²) in [7, 11) is 0. The quantitative estimate of drug-likeness (QED) is 0.378. The molecule has 2 N–H and O–H groups in total. The Morgan fingerprint density at radius 3 is 2.69 bits per heavy atom. The van der Waals surface area contributed by atoms with Crippen LogP contribution in [0.25, 0.3) is 22.1 Å². The lowest BCUT2D eigenvalue weighted by Crippen LogP contribution is -2.10. The van der Waals surface area contributed by atoms with Crippen molar-refractivity contribution in [1.82, 2.24) is 0 Å². The first-order valence-electron chi connectivity index (χ1n) is 10.4. The number of carbonyl (C=O) groups excluding carboxylic acids is 1. The number of hydrogen-bond acceptors (Lipinski definition) is 5. The van der Waals surface area contributed by atoms with Crippen LogP contribution in [0.15, 0.2) is 71.3 Å². The van der Waals surface area contributed by atoms with Crippen molar-refractivity contribution in [3.8, 4) is 16.9 Å². The number of hydrogen-bond donors (Lipinski definition) is 1. The summed E-state index contributed by atoms with van der Waals surface area (Å²) in [5.41, 5.74) is 10.6. The zero-order valence-corrected chi connectivity index (χ0v) is 17.8. The first kappa shape index (κ1) is 21.6. The molecule has 1 heterocycles. The van der Waals surface area contributed by atoms with Gasteiger partial charge in [0.15, 0.2) is 0 Å². The Morgan fingerprint density at radius 2 is 1.88 bits per heavy atom. The summed E-state index contributed by atoms with van der Waals surface area (Å²) < 4.78 is 30.9. The average Bonchev–Trinajstić information content (AvgIpc) is 3.22. The highest BCUT2D eigenvalue weighted by Gasteiger charge is 2.16. The Labute approximate surface area is 185 Å². The van der Waals surface area contributed by atoms with Gasteiger partial charge in [-0.05, 0) is 53.9 Å². The monoisotopic (exact) mass is 433 g/mol. The third-order valence-electron chi connectivity index (χ3n) is 5.24. The summed E-state index contributed by atoms with van der Waals surface area (Å²) in [5, 5.41) is 0.906. The molecule has 5 nitrogen and oxygen atoms in total. The molecule has 4 rings (SSSR count). The van der Waals surface area contributed by atoms with Crippen LogP contribution in [0.2, 0.25) is 0 Å². The number of halogens is 1. The molecule has 1 aromatic heterocycles. The Kier molecular flexibility index (Phi) is 6.52. The number of nitrogens with two attached hydrogens (primary N) is 1. The molecule has 0 bridgehead atoms. The van der Waals surface area contributed by atoms with Gasteiger partial charge < -0.3 is 19.6 Å². The standard InChI is InChI=1S/C26H24FNO4/c1-2-30-26(29)13-22-23(27)7-4-8-24(22)31-15-20-16-32-25-10-9-19(12-21(20)25)18-6-3-5-17(11-18)14-28/h3-12,16H,2,13-15,28H2,1H3. The molecule has 0 amide bonds. The topological polar surface area (TPSA) is 74.7 Å². The molecule has 164 valence electrons. The summed E-state index contributed by atoms with van der Waals surface area (Å²) >= 11 is 0. The van der Waals surface area contributed by atoms with Crippen molar-refractivity contribution in [2.24, 2.45) is 5.73 Å². The second-order valence-electron chi connectivity index (χ2n) is 7.36. The van der Waals surface area contributed by atoms with E-state index in [9.17, 15) is 9.18 Å². The smallest absolute Gasteiger partial charge is 0.310 e. The Hall–Kier alpha value is -3.64. The molecule has 6 heteroatoms. The van der Waals surface area contributed by atoms with Gasteiger partial charge in [0.25, 0.3) is 0 Å². The van der Waals surface area contributed by atoms with E-state index in [1.807, 2.05) is 36.4 Å². The van der Waals surface area contributed by atoms with E-state index >= 15 is 0 Å². The van der Waals surface area contributed by atoms with Gasteiger partial charge in [0.2, 0.25) is 0 Å². The van der Waals surface area contributed by atoms with Crippen LogP contribution in [0.1, 0.15) is 23.6 Å². The lowest BCUT2D eigenvalue weighted by Gasteiger charge is -2.12. The highest BCUT2D eigenvalue weighted by molar-refractivity contribution is 5.86. The molecule has 0 aliphatic carbocycles. The molecule has 0 saturated carbocycles.